The van der Waals surface area contributed by atoms with Crippen molar-refractivity contribution in [1.82, 2.24) is 20.3 Å². The summed E-state index contributed by atoms with van der Waals surface area (Å²) in [7, 11) is 1.55. The Kier molecular flexibility index (Phi) is 3.60. The van der Waals surface area contributed by atoms with Crippen molar-refractivity contribution in [3.05, 3.63) is 18.0 Å². The van der Waals surface area contributed by atoms with Gasteiger partial charge in [0.15, 0.2) is 0 Å². The van der Waals surface area contributed by atoms with Crippen molar-refractivity contribution in [2.24, 2.45) is 5.73 Å². The number of nitrogens with two attached hydrogens (primary N) is 1. The van der Waals surface area contributed by atoms with E-state index >= 15 is 0 Å². The Labute approximate surface area is 116 Å². The first-order chi connectivity index (χ1) is 9.76. The summed E-state index contributed by atoms with van der Waals surface area (Å²) < 4.78 is 10.3. The summed E-state index contributed by atoms with van der Waals surface area (Å²) in [6.07, 6.45) is 4.00. The minimum Gasteiger partial charge on any atom is -0.480 e. The number of aromatic nitrogens is 4. The lowest BCUT2D eigenvalue weighted by Crippen LogP contribution is -2.25. The zero-order chi connectivity index (χ0) is 13.9. The standard InChI is InChI=1S/C13H17N5O2/c1-19-11-7-6-10(16-17-11)12-15-13(20-18-12)8-2-4-9(14)5-3-8/h6-9H,2-5,14H2,1H3. The monoisotopic (exact) mass is 275 g/mol. The quantitative estimate of drug-likeness (QED) is 0.906. The summed E-state index contributed by atoms with van der Waals surface area (Å²) in [4.78, 5) is 4.42. The molecule has 2 N–H and O–H groups in total. The molecule has 106 valence electrons. The Morgan fingerprint density at radius 2 is 2.00 bits per heavy atom. The first-order valence-corrected chi connectivity index (χ1v) is 6.73. The van der Waals surface area contributed by atoms with Crippen LogP contribution >= 0.6 is 0 Å². The van der Waals surface area contributed by atoms with Crippen LogP contribution in [0.2, 0.25) is 0 Å². The first-order valence-electron chi connectivity index (χ1n) is 6.73. The zero-order valence-corrected chi connectivity index (χ0v) is 11.3. The van der Waals surface area contributed by atoms with Gasteiger partial charge >= 0.3 is 0 Å². The SMILES string of the molecule is COc1ccc(-c2noc(C3CCC(N)CC3)n2)nn1. The number of methoxy groups -OCH3 is 1. The van der Waals surface area contributed by atoms with E-state index in [0.717, 1.165) is 25.7 Å². The third-order valence-corrected chi connectivity index (χ3v) is 3.64. The zero-order valence-electron chi connectivity index (χ0n) is 11.3. The fourth-order valence-electron chi connectivity index (χ4n) is 2.42. The molecule has 20 heavy (non-hydrogen) atoms. The van der Waals surface area contributed by atoms with Crippen LogP contribution in [0.1, 0.15) is 37.5 Å². The summed E-state index contributed by atoms with van der Waals surface area (Å²) in [6, 6.07) is 3.79. The van der Waals surface area contributed by atoms with E-state index in [1.165, 1.54) is 0 Å². The molecule has 1 fully saturated rings. The molecular formula is C13H17N5O2. The molecule has 0 unspecified atom stereocenters. The third-order valence-electron chi connectivity index (χ3n) is 3.64. The minimum atomic E-state index is 0.307. The molecule has 7 nitrogen and oxygen atoms in total. The number of rotatable bonds is 3. The molecule has 0 aromatic carbocycles. The third kappa shape index (κ3) is 2.62. The second kappa shape index (κ2) is 5.54. The Balaban J connectivity index is 1.75. The van der Waals surface area contributed by atoms with E-state index in [1.54, 1.807) is 19.2 Å². The largest absolute Gasteiger partial charge is 0.480 e. The van der Waals surface area contributed by atoms with Crippen LogP contribution in [-0.2, 0) is 0 Å². The van der Waals surface area contributed by atoms with Crippen molar-refractivity contribution in [3.63, 3.8) is 0 Å². The van der Waals surface area contributed by atoms with Crippen molar-refractivity contribution in [2.75, 3.05) is 7.11 Å². The lowest BCUT2D eigenvalue weighted by atomic mass is 9.86. The highest BCUT2D eigenvalue weighted by Crippen LogP contribution is 2.31. The van der Waals surface area contributed by atoms with Gasteiger partial charge < -0.3 is 15.0 Å². The van der Waals surface area contributed by atoms with Crippen molar-refractivity contribution in [2.45, 2.75) is 37.6 Å². The second-order valence-corrected chi connectivity index (χ2v) is 5.03. The highest BCUT2D eigenvalue weighted by molar-refractivity contribution is 5.47. The topological polar surface area (TPSA) is 100.0 Å². The van der Waals surface area contributed by atoms with Crippen molar-refractivity contribution in [1.29, 1.82) is 0 Å². The molecule has 7 heteroatoms. The molecule has 0 saturated heterocycles. The maximum absolute atomic E-state index is 5.90. The van der Waals surface area contributed by atoms with Crippen molar-refractivity contribution in [3.8, 4) is 17.4 Å². The predicted molar refractivity (Wildman–Crippen MR) is 71.1 cm³/mol. The molecule has 1 aliphatic carbocycles. The van der Waals surface area contributed by atoms with Gasteiger partial charge in [0.25, 0.3) is 0 Å². The molecule has 2 aromatic rings. The van der Waals surface area contributed by atoms with Crippen LogP contribution in [-0.4, -0.2) is 33.5 Å². The molecule has 2 heterocycles. The van der Waals surface area contributed by atoms with Crippen LogP contribution in [0.4, 0.5) is 0 Å². The molecule has 0 bridgehead atoms. The highest BCUT2D eigenvalue weighted by Gasteiger charge is 2.25. The van der Waals surface area contributed by atoms with Crippen molar-refractivity contribution < 1.29 is 9.26 Å². The fraction of sp³-hybridized carbons (Fsp3) is 0.538. The number of hydrogen-bond acceptors (Lipinski definition) is 7. The molecule has 1 saturated carbocycles. The molecule has 1 aliphatic rings. The normalized spacial score (nSPS) is 22.7. The Bertz CT molecular complexity index is 560. The van der Waals surface area contributed by atoms with Crippen LogP contribution in [0.25, 0.3) is 11.5 Å². The highest BCUT2D eigenvalue weighted by atomic mass is 16.5. The van der Waals surface area contributed by atoms with E-state index in [4.69, 9.17) is 15.0 Å². The van der Waals surface area contributed by atoms with Crippen molar-refractivity contribution >= 4 is 0 Å². The fourth-order valence-corrected chi connectivity index (χ4v) is 2.42. The average molecular weight is 275 g/mol. The average Bonchev–Trinajstić information content (AvgIpc) is 2.98. The van der Waals surface area contributed by atoms with Gasteiger partial charge in [0.2, 0.25) is 17.6 Å². The molecule has 0 radical (unpaired) electrons. The smallest absolute Gasteiger partial charge is 0.233 e. The summed E-state index contributed by atoms with van der Waals surface area (Å²) in [5.74, 6) is 1.90. The maximum atomic E-state index is 5.90. The predicted octanol–water partition coefficient (Wildman–Crippen LogP) is 1.52. The molecule has 2 aromatic heterocycles. The van der Waals surface area contributed by atoms with Gasteiger partial charge in [-0.2, -0.15) is 4.98 Å². The molecule has 0 amide bonds. The molecule has 0 spiro atoms. The van der Waals surface area contributed by atoms with Gasteiger partial charge in [0.1, 0.15) is 5.69 Å². The Morgan fingerprint density at radius 3 is 2.65 bits per heavy atom. The van der Waals surface area contributed by atoms with E-state index < -0.39 is 0 Å². The lowest BCUT2D eigenvalue weighted by molar-refractivity contribution is 0.301. The van der Waals surface area contributed by atoms with E-state index in [0.29, 0.717) is 35.2 Å². The van der Waals surface area contributed by atoms with E-state index in [1.807, 2.05) is 0 Å². The second-order valence-electron chi connectivity index (χ2n) is 5.03. The van der Waals surface area contributed by atoms with Gasteiger partial charge in [-0.1, -0.05) is 5.16 Å². The lowest BCUT2D eigenvalue weighted by Gasteiger charge is -2.22. The van der Waals surface area contributed by atoms with Crippen LogP contribution in [0.3, 0.4) is 0 Å². The van der Waals surface area contributed by atoms with Crippen LogP contribution in [0.5, 0.6) is 5.88 Å². The first kappa shape index (κ1) is 13.0. The summed E-state index contributed by atoms with van der Waals surface area (Å²) in [6.45, 7) is 0. The maximum Gasteiger partial charge on any atom is 0.233 e. The van der Waals surface area contributed by atoms with Gasteiger partial charge in [-0.25, -0.2) is 0 Å². The Morgan fingerprint density at radius 1 is 1.20 bits per heavy atom. The molecule has 3 rings (SSSR count). The minimum absolute atomic E-state index is 0.307. The van der Waals surface area contributed by atoms with Gasteiger partial charge in [-0.05, 0) is 31.7 Å². The van der Waals surface area contributed by atoms with Gasteiger partial charge in [-0.3, -0.25) is 0 Å². The van der Waals surface area contributed by atoms with E-state index in [2.05, 4.69) is 20.3 Å². The summed E-state index contributed by atoms with van der Waals surface area (Å²) >= 11 is 0. The molecular weight excluding hydrogens is 258 g/mol. The number of ether oxygens (including phenoxy) is 1. The van der Waals surface area contributed by atoms with Crippen LogP contribution in [0, 0.1) is 0 Å². The van der Waals surface area contributed by atoms with E-state index in [9.17, 15) is 0 Å². The molecule has 0 atom stereocenters. The van der Waals surface area contributed by atoms with Crippen LogP contribution < -0.4 is 10.5 Å². The number of nitrogens with zero attached hydrogens (tertiary/aromatic N) is 4. The summed E-state index contributed by atoms with van der Waals surface area (Å²) in [5.41, 5.74) is 6.48. The number of hydrogen-bond donors (Lipinski definition) is 1. The van der Waals surface area contributed by atoms with Gasteiger partial charge in [-0.15, -0.1) is 10.2 Å². The summed E-state index contributed by atoms with van der Waals surface area (Å²) in [5, 5.41) is 11.9. The van der Waals surface area contributed by atoms with E-state index in [-0.39, 0.29) is 0 Å². The molecule has 0 aliphatic heterocycles. The van der Waals surface area contributed by atoms with Crippen LogP contribution in [0.15, 0.2) is 16.7 Å². The Hall–Kier alpha value is -2.02. The van der Waals surface area contributed by atoms with Gasteiger partial charge in [0, 0.05) is 18.0 Å². The van der Waals surface area contributed by atoms with Gasteiger partial charge in [0.05, 0.1) is 7.11 Å².